The van der Waals surface area contributed by atoms with Gasteiger partial charge in [0.05, 0.1) is 0 Å². The summed E-state index contributed by atoms with van der Waals surface area (Å²) in [6.45, 7) is 0. The summed E-state index contributed by atoms with van der Waals surface area (Å²) in [7, 11) is 0. The van der Waals surface area contributed by atoms with Crippen molar-refractivity contribution in [1.29, 1.82) is 0 Å². The van der Waals surface area contributed by atoms with Gasteiger partial charge in [-0.1, -0.05) is 0 Å². The molecule has 0 aliphatic rings. The van der Waals surface area contributed by atoms with Gasteiger partial charge >= 0.3 is 27.2 Å². The van der Waals surface area contributed by atoms with Crippen LogP contribution in [0, 0.1) is 0 Å². The molecule has 1 radical (unpaired) electrons. The van der Waals surface area contributed by atoms with Gasteiger partial charge < -0.3 is 0 Å². The molecule has 0 saturated carbocycles. The van der Waals surface area contributed by atoms with E-state index in [9.17, 15) is 0 Å². The van der Waals surface area contributed by atoms with Gasteiger partial charge in [-0.05, 0) is 0 Å². The summed E-state index contributed by atoms with van der Waals surface area (Å²) in [6, 6.07) is 0. The van der Waals surface area contributed by atoms with Gasteiger partial charge in [-0.15, -0.1) is 0 Å². The summed E-state index contributed by atoms with van der Waals surface area (Å²) in [5.41, 5.74) is 0. The molecule has 1 unspecified atom stereocenters. The van der Waals surface area contributed by atoms with Crippen LogP contribution >= 0.6 is 0 Å². The zero-order chi connectivity index (χ0) is 3.58. The minimum absolute atomic E-state index is 3.69. The van der Waals surface area contributed by atoms with Gasteiger partial charge in [-0.25, -0.2) is 0 Å². The molecule has 1 atom stereocenters. The van der Waals surface area contributed by atoms with Crippen LogP contribution in [-0.2, 0) is 3.74 Å². The number of hydrogen-bond acceptors (Lipinski definition) is 2. The van der Waals surface area contributed by atoms with Crippen molar-refractivity contribution < 1.29 is 11.9 Å². The van der Waals surface area contributed by atoms with Crippen molar-refractivity contribution in [2.75, 3.05) is 0 Å². The van der Waals surface area contributed by atoms with Crippen molar-refractivity contribution in [2.45, 2.75) is 0 Å². The van der Waals surface area contributed by atoms with Gasteiger partial charge in [0, 0.05) is 0 Å². The molecule has 3 nitrogen and oxygen atoms in total. The summed E-state index contributed by atoms with van der Waals surface area (Å²) in [4.78, 5) is 0. The molecule has 0 amide bonds. The van der Waals surface area contributed by atoms with Crippen LogP contribution in [-0.4, -0.2) is 19.4 Å². The van der Waals surface area contributed by atoms with Crippen molar-refractivity contribution in [1.82, 2.24) is 0 Å². The molecule has 0 aliphatic carbocycles. The maximum absolute atomic E-state index is 8.67. The van der Waals surface area contributed by atoms with E-state index in [0.29, 0.717) is 0 Å². The van der Waals surface area contributed by atoms with Gasteiger partial charge in [-0.3, -0.25) is 0 Å². The molecule has 0 fully saturated rings. The normalized spacial score (nSPS) is 11.0. The standard InChI is InChI=1S/AsHO3/c2-1(3)4/h(H-,2,3,4)/q-1. The Bertz CT molecular complexity index is 26.3. The van der Waals surface area contributed by atoms with Gasteiger partial charge in [0.2, 0.25) is 0 Å². The van der Waals surface area contributed by atoms with Gasteiger partial charge in [0.1, 0.15) is 0 Å². The van der Waals surface area contributed by atoms with Crippen molar-refractivity contribution in [3.8, 4) is 0 Å². The third-order valence-corrected chi connectivity index (χ3v) is 0. The number of rotatable bonds is 0. The van der Waals surface area contributed by atoms with E-state index in [2.05, 4.69) is 0 Å². The second-order valence-corrected chi connectivity index (χ2v) is 1.24. The van der Waals surface area contributed by atoms with Crippen LogP contribution < -0.4 is 4.10 Å². The maximum atomic E-state index is 8.67. The summed E-state index contributed by atoms with van der Waals surface area (Å²) in [6.07, 6.45) is 0. The van der Waals surface area contributed by atoms with Crippen LogP contribution in [0.25, 0.3) is 0 Å². The van der Waals surface area contributed by atoms with Gasteiger partial charge in [0.25, 0.3) is 0 Å². The van der Waals surface area contributed by atoms with E-state index in [1.54, 1.807) is 0 Å². The molecule has 0 spiro atoms. The monoisotopic (exact) mass is 124 g/mol. The van der Waals surface area contributed by atoms with Crippen LogP contribution in [0.1, 0.15) is 0 Å². The fourth-order valence-electron chi connectivity index (χ4n) is 0. The van der Waals surface area contributed by atoms with Crippen molar-refractivity contribution in [3.05, 3.63) is 0 Å². The molecule has 0 heterocycles. The summed E-state index contributed by atoms with van der Waals surface area (Å²) >= 11 is -3.69. The van der Waals surface area contributed by atoms with Crippen LogP contribution in [0.4, 0.5) is 0 Å². The van der Waals surface area contributed by atoms with E-state index >= 15 is 0 Å². The fourth-order valence-corrected chi connectivity index (χ4v) is 0. The Morgan fingerprint density at radius 2 is 2.00 bits per heavy atom. The second kappa shape index (κ2) is 1.58. The van der Waals surface area contributed by atoms with E-state index < -0.39 is 15.3 Å². The molecule has 4 heteroatoms. The second-order valence-electron chi connectivity index (χ2n) is 0.238. The Morgan fingerprint density at radius 3 is 2.00 bits per heavy atom. The van der Waals surface area contributed by atoms with Crippen LogP contribution in [0.3, 0.4) is 0 Å². The van der Waals surface area contributed by atoms with E-state index in [4.69, 9.17) is 11.9 Å². The van der Waals surface area contributed by atoms with E-state index in [-0.39, 0.29) is 0 Å². The zero-order valence-corrected chi connectivity index (χ0v) is 3.59. The molecule has 0 rings (SSSR count). The summed E-state index contributed by atoms with van der Waals surface area (Å²) in [5, 5.41) is 0. The van der Waals surface area contributed by atoms with E-state index in [1.807, 2.05) is 0 Å². The average Bonchev–Trinajstić information content (AvgIpc) is 0.811. The van der Waals surface area contributed by atoms with Crippen molar-refractivity contribution in [3.63, 3.8) is 0 Å². The fraction of sp³-hybridized carbons (Fsp3) is 0. The van der Waals surface area contributed by atoms with Crippen LogP contribution in [0.2, 0.25) is 0 Å². The number of hydrogen-bond donors (Lipinski definition) is 1. The minimum atomic E-state index is -3.69. The summed E-state index contributed by atoms with van der Waals surface area (Å²) in [5.74, 6) is 0. The average molecular weight is 124 g/mol. The molecule has 0 bridgehead atoms. The Kier molecular flexibility index (Phi) is 1.69. The van der Waals surface area contributed by atoms with Crippen LogP contribution in [0.5, 0.6) is 0 Å². The molecular formula is HAsO3-. The molecule has 0 aromatic rings. The molecule has 0 aromatic carbocycles. The zero-order valence-electron chi connectivity index (χ0n) is 1.71. The molecule has 4 heavy (non-hydrogen) atoms. The van der Waals surface area contributed by atoms with E-state index in [1.165, 1.54) is 0 Å². The summed E-state index contributed by atoms with van der Waals surface area (Å²) < 4.78 is 24.4. The predicted octanol–water partition coefficient (Wildman–Crippen LogP) is -2.25. The Hall–Kier alpha value is 0.278. The Balaban J connectivity index is 2.80. The van der Waals surface area contributed by atoms with E-state index in [0.717, 1.165) is 0 Å². The molecule has 25 valence electrons. The third kappa shape index (κ3) is 48.0. The van der Waals surface area contributed by atoms with Crippen molar-refractivity contribution in [2.24, 2.45) is 0 Å². The molecule has 1 N–H and O–H groups in total. The first-order valence-corrected chi connectivity index (χ1v) is 2.94. The Labute approximate surface area is 28.1 Å². The Morgan fingerprint density at radius 1 is 2.00 bits per heavy atom. The molecule has 0 aliphatic heterocycles. The van der Waals surface area contributed by atoms with Gasteiger partial charge in [0.15, 0.2) is 0 Å². The predicted molar refractivity (Wildman–Crippen MR) is 8.66 cm³/mol. The third-order valence-electron chi connectivity index (χ3n) is 0. The first-order valence-electron chi connectivity index (χ1n) is 0.565. The van der Waals surface area contributed by atoms with Gasteiger partial charge in [-0.2, -0.15) is 0 Å². The quantitative estimate of drug-likeness (QED) is 0.371. The first-order chi connectivity index (χ1) is 1.73. The molecule has 0 saturated heterocycles. The van der Waals surface area contributed by atoms with Crippen LogP contribution in [0.15, 0.2) is 0 Å². The topological polar surface area (TPSA) is 60.4 Å². The molecule has 0 aromatic heterocycles. The first kappa shape index (κ1) is 4.28. The SMILES string of the molecule is O=[As]([O-])O. The molecular weight excluding hydrogens is 123 g/mol. The van der Waals surface area contributed by atoms with Crippen molar-refractivity contribution >= 4 is 15.3 Å².